The summed E-state index contributed by atoms with van der Waals surface area (Å²) in [6.07, 6.45) is -4.44. The number of hydrogen-bond acceptors (Lipinski definition) is 4. The summed E-state index contributed by atoms with van der Waals surface area (Å²) in [7, 11) is 1.30. The van der Waals surface area contributed by atoms with Crippen molar-refractivity contribution in [1.29, 1.82) is 0 Å². The molecule has 0 radical (unpaired) electrons. The molecular formula is C13H15Br2F3N2O2. The van der Waals surface area contributed by atoms with Crippen LogP contribution in [0.1, 0.15) is 11.6 Å². The van der Waals surface area contributed by atoms with E-state index >= 15 is 0 Å². The number of benzene rings is 1. The van der Waals surface area contributed by atoms with Crippen LogP contribution in [0.25, 0.3) is 0 Å². The number of halogens is 5. The van der Waals surface area contributed by atoms with Gasteiger partial charge in [0.2, 0.25) is 0 Å². The molecule has 2 rings (SSSR count). The van der Waals surface area contributed by atoms with E-state index in [9.17, 15) is 18.3 Å². The Hall–Kier alpha value is -0.510. The van der Waals surface area contributed by atoms with Gasteiger partial charge in [0.1, 0.15) is 6.04 Å². The van der Waals surface area contributed by atoms with E-state index in [-0.39, 0.29) is 39.1 Å². The predicted molar refractivity (Wildman–Crippen MR) is 83.3 cm³/mol. The zero-order valence-corrected chi connectivity index (χ0v) is 14.8. The minimum Gasteiger partial charge on any atom is -0.503 e. The zero-order valence-electron chi connectivity index (χ0n) is 11.7. The fraction of sp³-hybridized carbons (Fsp3) is 0.538. The number of nitrogens with zero attached hydrogens (tertiary/aromatic N) is 1. The molecule has 1 aromatic carbocycles. The van der Waals surface area contributed by atoms with Crippen molar-refractivity contribution in [2.24, 2.45) is 0 Å². The highest BCUT2D eigenvalue weighted by Crippen LogP contribution is 2.48. The molecule has 124 valence electrons. The minimum atomic E-state index is -4.44. The molecule has 2 N–H and O–H groups in total. The van der Waals surface area contributed by atoms with Gasteiger partial charge in [-0.25, -0.2) is 0 Å². The number of phenolic OH excluding ortho intramolecular Hbond substituents is 1. The number of hydrogen-bond donors (Lipinski definition) is 2. The lowest BCUT2D eigenvalue weighted by atomic mass is 10.0. The predicted octanol–water partition coefficient (Wildman–Crippen LogP) is 3.43. The standard InChI is InChI=1S/C13H15Br2F3N2O2/c1-22-8-6-7(9(14)10(15)11(8)21)12(13(16,17)18)20-4-2-19-3-5-20/h6,12,19,21H,2-5H2,1H3/t12-/m0/s1. The molecule has 22 heavy (non-hydrogen) atoms. The lowest BCUT2D eigenvalue weighted by Gasteiger charge is -2.36. The lowest BCUT2D eigenvalue weighted by Crippen LogP contribution is -2.49. The molecule has 1 aliphatic rings. The second-order valence-electron chi connectivity index (χ2n) is 4.87. The summed E-state index contributed by atoms with van der Waals surface area (Å²) in [4.78, 5) is 1.37. The van der Waals surface area contributed by atoms with Gasteiger partial charge in [0.15, 0.2) is 11.5 Å². The second kappa shape index (κ2) is 6.94. The molecular weight excluding hydrogens is 433 g/mol. The van der Waals surface area contributed by atoms with Crippen LogP contribution < -0.4 is 10.1 Å². The molecule has 0 aliphatic carbocycles. The summed E-state index contributed by atoms with van der Waals surface area (Å²) in [5, 5.41) is 12.9. The van der Waals surface area contributed by atoms with Crippen molar-refractivity contribution in [2.45, 2.75) is 12.2 Å². The van der Waals surface area contributed by atoms with Crippen molar-refractivity contribution in [3.63, 3.8) is 0 Å². The van der Waals surface area contributed by atoms with Gasteiger partial charge < -0.3 is 15.2 Å². The maximum Gasteiger partial charge on any atom is 0.408 e. The monoisotopic (exact) mass is 446 g/mol. The molecule has 1 aliphatic heterocycles. The highest BCUT2D eigenvalue weighted by Gasteiger charge is 2.46. The number of piperazine rings is 1. The Morgan fingerprint density at radius 2 is 1.86 bits per heavy atom. The largest absolute Gasteiger partial charge is 0.503 e. The third kappa shape index (κ3) is 3.52. The van der Waals surface area contributed by atoms with Gasteiger partial charge in [0, 0.05) is 30.7 Å². The third-order valence-corrected chi connectivity index (χ3v) is 5.67. The Balaban J connectivity index is 2.54. The smallest absolute Gasteiger partial charge is 0.408 e. The van der Waals surface area contributed by atoms with Crippen molar-refractivity contribution >= 4 is 31.9 Å². The number of nitrogens with one attached hydrogen (secondary N) is 1. The zero-order chi connectivity index (χ0) is 16.5. The first-order valence-corrected chi connectivity index (χ1v) is 8.12. The second-order valence-corrected chi connectivity index (χ2v) is 6.46. The van der Waals surface area contributed by atoms with E-state index in [1.807, 2.05) is 0 Å². The molecule has 0 amide bonds. The Kier molecular flexibility index (Phi) is 5.63. The number of aromatic hydroxyl groups is 1. The highest BCUT2D eigenvalue weighted by atomic mass is 79.9. The number of ether oxygens (including phenoxy) is 1. The summed E-state index contributed by atoms with van der Waals surface area (Å²) < 4.78 is 46.2. The van der Waals surface area contributed by atoms with Crippen molar-refractivity contribution < 1.29 is 23.0 Å². The van der Waals surface area contributed by atoms with Gasteiger partial charge >= 0.3 is 6.18 Å². The average molecular weight is 448 g/mol. The molecule has 1 saturated heterocycles. The van der Waals surface area contributed by atoms with Crippen molar-refractivity contribution in [2.75, 3.05) is 33.3 Å². The maximum atomic E-state index is 13.6. The maximum absolute atomic E-state index is 13.6. The van der Waals surface area contributed by atoms with E-state index in [0.717, 1.165) is 0 Å². The van der Waals surface area contributed by atoms with E-state index in [0.29, 0.717) is 13.1 Å². The van der Waals surface area contributed by atoms with Crippen molar-refractivity contribution in [3.05, 3.63) is 20.6 Å². The van der Waals surface area contributed by atoms with E-state index in [2.05, 4.69) is 37.2 Å². The van der Waals surface area contributed by atoms with Crippen LogP contribution in [0, 0.1) is 0 Å². The third-order valence-electron chi connectivity index (χ3n) is 3.52. The topological polar surface area (TPSA) is 44.7 Å². The van der Waals surface area contributed by atoms with Crippen LogP contribution in [0.5, 0.6) is 11.5 Å². The lowest BCUT2D eigenvalue weighted by molar-refractivity contribution is -0.188. The van der Waals surface area contributed by atoms with Crippen LogP contribution in [0.2, 0.25) is 0 Å². The molecule has 1 heterocycles. The van der Waals surface area contributed by atoms with E-state index in [1.165, 1.54) is 18.1 Å². The molecule has 0 spiro atoms. The number of methoxy groups -OCH3 is 1. The first-order chi connectivity index (χ1) is 10.3. The van der Waals surface area contributed by atoms with E-state index in [4.69, 9.17) is 4.74 Å². The van der Waals surface area contributed by atoms with Crippen LogP contribution in [0.4, 0.5) is 13.2 Å². The quantitative estimate of drug-likeness (QED) is 0.745. The SMILES string of the molecule is COc1cc([C@H](N2CCNCC2)C(F)(F)F)c(Br)c(Br)c1O. The fourth-order valence-corrected chi connectivity index (χ4v) is 3.43. The highest BCUT2D eigenvalue weighted by molar-refractivity contribution is 9.13. The molecule has 4 nitrogen and oxygen atoms in total. The average Bonchev–Trinajstić information content (AvgIpc) is 2.47. The van der Waals surface area contributed by atoms with E-state index < -0.39 is 12.2 Å². The first-order valence-electron chi connectivity index (χ1n) is 6.53. The van der Waals surface area contributed by atoms with E-state index in [1.54, 1.807) is 0 Å². The summed E-state index contributed by atoms with van der Waals surface area (Å²) in [6.45, 7) is 1.58. The molecule has 1 fully saturated rings. The van der Waals surface area contributed by atoms with Crippen LogP contribution >= 0.6 is 31.9 Å². The summed E-state index contributed by atoms with van der Waals surface area (Å²) in [5.74, 6) is -0.242. The summed E-state index contributed by atoms with van der Waals surface area (Å²) >= 11 is 6.25. The normalized spacial score (nSPS) is 18.3. The number of rotatable bonds is 3. The summed E-state index contributed by atoms with van der Waals surface area (Å²) in [6, 6.07) is -0.542. The van der Waals surface area contributed by atoms with Gasteiger partial charge in [0.05, 0.1) is 11.6 Å². The van der Waals surface area contributed by atoms with Crippen molar-refractivity contribution in [1.82, 2.24) is 10.2 Å². The Labute approximate surface area is 142 Å². The fourth-order valence-electron chi connectivity index (χ4n) is 2.49. The minimum absolute atomic E-state index is 0.00513. The molecule has 0 bridgehead atoms. The van der Waals surface area contributed by atoms with Crippen LogP contribution in [-0.2, 0) is 0 Å². The number of alkyl halides is 3. The molecule has 1 aromatic rings. The number of phenols is 1. The molecule has 0 saturated carbocycles. The summed E-state index contributed by atoms with van der Waals surface area (Å²) in [5.41, 5.74) is 0.0101. The van der Waals surface area contributed by atoms with Gasteiger partial charge in [-0.15, -0.1) is 0 Å². The molecule has 9 heteroatoms. The van der Waals surface area contributed by atoms with Gasteiger partial charge in [-0.2, -0.15) is 13.2 Å². The Morgan fingerprint density at radius 3 is 2.36 bits per heavy atom. The van der Waals surface area contributed by atoms with Gasteiger partial charge in [-0.05, 0) is 43.5 Å². The Morgan fingerprint density at radius 1 is 1.27 bits per heavy atom. The van der Waals surface area contributed by atoms with Gasteiger partial charge in [-0.3, -0.25) is 4.90 Å². The van der Waals surface area contributed by atoms with Crippen LogP contribution in [0.15, 0.2) is 15.0 Å². The van der Waals surface area contributed by atoms with Crippen LogP contribution in [0.3, 0.4) is 0 Å². The Bertz CT molecular complexity index is 549. The molecule has 0 unspecified atom stereocenters. The molecule has 1 atom stereocenters. The van der Waals surface area contributed by atoms with Crippen molar-refractivity contribution in [3.8, 4) is 11.5 Å². The first kappa shape index (κ1) is 17.8. The molecule has 0 aromatic heterocycles. The van der Waals surface area contributed by atoms with Gasteiger partial charge in [-0.1, -0.05) is 0 Å². The van der Waals surface area contributed by atoms with Crippen LogP contribution in [-0.4, -0.2) is 49.5 Å². The van der Waals surface area contributed by atoms with Gasteiger partial charge in [0.25, 0.3) is 0 Å².